The summed E-state index contributed by atoms with van der Waals surface area (Å²) in [7, 11) is 0. The first-order valence-electron chi connectivity index (χ1n) is 5.70. The van der Waals surface area contributed by atoms with Gasteiger partial charge in [0.2, 0.25) is 0 Å². The minimum Gasteiger partial charge on any atom is -0.380 e. The highest BCUT2D eigenvalue weighted by Crippen LogP contribution is 1.92. The first kappa shape index (κ1) is 12.9. The molecule has 0 spiro atoms. The summed E-state index contributed by atoms with van der Waals surface area (Å²) in [5.74, 6) is 0. The van der Waals surface area contributed by atoms with Crippen LogP contribution >= 0.6 is 0 Å². The highest BCUT2D eigenvalue weighted by Gasteiger charge is 1.97. The van der Waals surface area contributed by atoms with Crippen molar-refractivity contribution in [1.29, 1.82) is 0 Å². The van der Waals surface area contributed by atoms with Gasteiger partial charge < -0.3 is 14.6 Å². The number of pyridine rings is 1. The molecule has 1 heterocycles. The minimum absolute atomic E-state index is 0.0617. The Morgan fingerprint density at radius 1 is 1.38 bits per heavy atom. The van der Waals surface area contributed by atoms with Crippen LogP contribution < -0.4 is 10.9 Å². The van der Waals surface area contributed by atoms with E-state index >= 15 is 0 Å². The van der Waals surface area contributed by atoms with Gasteiger partial charge >= 0.3 is 0 Å². The summed E-state index contributed by atoms with van der Waals surface area (Å²) < 4.78 is 6.97. The summed E-state index contributed by atoms with van der Waals surface area (Å²) in [4.78, 5) is 11.5. The molecule has 0 atom stereocenters. The van der Waals surface area contributed by atoms with Gasteiger partial charge in [0.05, 0.1) is 6.61 Å². The van der Waals surface area contributed by atoms with Crippen molar-refractivity contribution in [3.8, 4) is 0 Å². The summed E-state index contributed by atoms with van der Waals surface area (Å²) in [6.45, 7) is 7.72. The zero-order valence-electron chi connectivity index (χ0n) is 10.0. The van der Waals surface area contributed by atoms with Gasteiger partial charge in [0.15, 0.2) is 0 Å². The summed E-state index contributed by atoms with van der Waals surface area (Å²) >= 11 is 0. The minimum atomic E-state index is 0.0617. The second kappa shape index (κ2) is 7.19. The van der Waals surface area contributed by atoms with Gasteiger partial charge in [0, 0.05) is 38.0 Å². The van der Waals surface area contributed by atoms with Crippen LogP contribution in [0.15, 0.2) is 23.0 Å². The molecule has 0 amide bonds. The van der Waals surface area contributed by atoms with Crippen molar-refractivity contribution in [3.63, 3.8) is 0 Å². The Kier molecular flexibility index (Phi) is 5.82. The summed E-state index contributed by atoms with van der Waals surface area (Å²) in [5.41, 5.74) is 1.06. The quantitative estimate of drug-likeness (QED) is 0.696. The molecule has 1 rings (SSSR count). The predicted molar refractivity (Wildman–Crippen MR) is 64.8 cm³/mol. The average molecular weight is 224 g/mol. The highest BCUT2D eigenvalue weighted by molar-refractivity contribution is 5.04. The fourth-order valence-electron chi connectivity index (χ4n) is 1.51. The zero-order chi connectivity index (χ0) is 11.8. The normalized spacial score (nSPS) is 10.6. The van der Waals surface area contributed by atoms with Crippen molar-refractivity contribution in [3.05, 3.63) is 34.2 Å². The van der Waals surface area contributed by atoms with E-state index in [1.165, 1.54) is 0 Å². The van der Waals surface area contributed by atoms with Gasteiger partial charge in [0.1, 0.15) is 0 Å². The predicted octanol–water partition coefficient (Wildman–Crippen LogP) is 0.783. The fraction of sp³-hybridized carbons (Fsp3) is 0.583. The average Bonchev–Trinajstić information content (AvgIpc) is 2.26. The van der Waals surface area contributed by atoms with Crippen LogP contribution in [0, 0.1) is 6.92 Å². The number of nitrogens with one attached hydrogen (secondary N) is 1. The van der Waals surface area contributed by atoms with Crippen molar-refractivity contribution in [2.45, 2.75) is 20.4 Å². The topological polar surface area (TPSA) is 43.3 Å². The van der Waals surface area contributed by atoms with Gasteiger partial charge in [-0.05, 0) is 19.9 Å². The van der Waals surface area contributed by atoms with Gasteiger partial charge in [-0.1, -0.05) is 6.07 Å². The molecule has 4 heteroatoms. The Balaban J connectivity index is 2.29. The number of hydrogen-bond donors (Lipinski definition) is 1. The van der Waals surface area contributed by atoms with Gasteiger partial charge in [0.25, 0.3) is 5.56 Å². The van der Waals surface area contributed by atoms with E-state index in [9.17, 15) is 4.79 Å². The maximum absolute atomic E-state index is 11.5. The van der Waals surface area contributed by atoms with Gasteiger partial charge in [-0.15, -0.1) is 0 Å². The number of hydrogen-bond acceptors (Lipinski definition) is 3. The molecule has 0 fully saturated rings. The summed E-state index contributed by atoms with van der Waals surface area (Å²) in [5, 5.41) is 3.24. The second-order valence-corrected chi connectivity index (χ2v) is 3.60. The molecule has 0 saturated heterocycles. The van der Waals surface area contributed by atoms with Crippen molar-refractivity contribution in [2.75, 3.05) is 26.3 Å². The SMILES string of the molecule is CCOCCNCCn1c(C)cccc1=O. The Bertz CT molecular complexity index is 360. The molecule has 0 aliphatic heterocycles. The Hall–Kier alpha value is -1.13. The molecule has 1 aromatic heterocycles. The molecule has 4 nitrogen and oxygen atoms in total. The number of rotatable bonds is 7. The molecular formula is C12H20N2O2. The lowest BCUT2D eigenvalue weighted by atomic mass is 10.3. The lowest BCUT2D eigenvalue weighted by Crippen LogP contribution is -2.29. The molecule has 0 bridgehead atoms. The number of ether oxygens (including phenoxy) is 1. The monoisotopic (exact) mass is 224 g/mol. The van der Waals surface area contributed by atoms with Crippen molar-refractivity contribution >= 4 is 0 Å². The van der Waals surface area contributed by atoms with Crippen LogP contribution in [-0.4, -0.2) is 30.9 Å². The third-order valence-electron chi connectivity index (χ3n) is 2.41. The second-order valence-electron chi connectivity index (χ2n) is 3.60. The molecule has 0 unspecified atom stereocenters. The lowest BCUT2D eigenvalue weighted by molar-refractivity contribution is 0.149. The fourth-order valence-corrected chi connectivity index (χ4v) is 1.51. The maximum atomic E-state index is 11.5. The molecule has 1 N–H and O–H groups in total. The Morgan fingerprint density at radius 2 is 2.19 bits per heavy atom. The maximum Gasteiger partial charge on any atom is 0.250 e. The van der Waals surface area contributed by atoms with Crippen LogP contribution in [0.1, 0.15) is 12.6 Å². The number of nitrogens with zero attached hydrogens (tertiary/aromatic N) is 1. The van der Waals surface area contributed by atoms with E-state index in [1.807, 2.05) is 19.9 Å². The van der Waals surface area contributed by atoms with Crippen molar-refractivity contribution in [1.82, 2.24) is 9.88 Å². The molecule has 0 aromatic carbocycles. The first-order valence-corrected chi connectivity index (χ1v) is 5.70. The molecule has 90 valence electrons. The third-order valence-corrected chi connectivity index (χ3v) is 2.41. The number of aromatic nitrogens is 1. The molecule has 1 aromatic rings. The van der Waals surface area contributed by atoms with E-state index in [2.05, 4.69) is 5.32 Å². The van der Waals surface area contributed by atoms with Crippen LogP contribution in [0.5, 0.6) is 0 Å². The Morgan fingerprint density at radius 3 is 2.88 bits per heavy atom. The molecule has 0 aliphatic carbocycles. The Labute approximate surface area is 96.2 Å². The third kappa shape index (κ3) is 4.16. The molecule has 0 saturated carbocycles. The number of aryl methyl sites for hydroxylation is 1. The molecule has 16 heavy (non-hydrogen) atoms. The van der Waals surface area contributed by atoms with E-state index in [0.717, 1.165) is 32.0 Å². The standard InChI is InChI=1S/C12H20N2O2/c1-3-16-10-8-13-7-9-14-11(2)5-4-6-12(14)15/h4-6,13H,3,7-10H2,1-2H3. The zero-order valence-corrected chi connectivity index (χ0v) is 10.0. The van der Waals surface area contributed by atoms with Crippen molar-refractivity contribution < 1.29 is 4.74 Å². The van der Waals surface area contributed by atoms with E-state index in [4.69, 9.17) is 4.74 Å². The van der Waals surface area contributed by atoms with Gasteiger partial charge in [-0.25, -0.2) is 0 Å². The largest absolute Gasteiger partial charge is 0.380 e. The van der Waals surface area contributed by atoms with Crippen LogP contribution in [0.25, 0.3) is 0 Å². The molecular weight excluding hydrogens is 204 g/mol. The smallest absolute Gasteiger partial charge is 0.250 e. The van der Waals surface area contributed by atoms with E-state index in [0.29, 0.717) is 6.54 Å². The van der Waals surface area contributed by atoms with Crippen LogP contribution in [0.2, 0.25) is 0 Å². The van der Waals surface area contributed by atoms with Crippen molar-refractivity contribution in [2.24, 2.45) is 0 Å². The molecule has 0 aliphatic rings. The van der Waals surface area contributed by atoms with Gasteiger partial charge in [-0.2, -0.15) is 0 Å². The summed E-state index contributed by atoms with van der Waals surface area (Å²) in [6.07, 6.45) is 0. The van der Waals surface area contributed by atoms with E-state index in [-0.39, 0.29) is 5.56 Å². The summed E-state index contributed by atoms with van der Waals surface area (Å²) in [6, 6.07) is 5.32. The van der Waals surface area contributed by atoms with Gasteiger partial charge in [-0.3, -0.25) is 4.79 Å². The van der Waals surface area contributed by atoms with Crippen LogP contribution in [-0.2, 0) is 11.3 Å². The van der Waals surface area contributed by atoms with Crippen LogP contribution in [0.4, 0.5) is 0 Å². The molecule has 0 radical (unpaired) electrons. The first-order chi connectivity index (χ1) is 7.75. The van der Waals surface area contributed by atoms with Crippen LogP contribution in [0.3, 0.4) is 0 Å². The van der Waals surface area contributed by atoms with E-state index < -0.39 is 0 Å². The lowest BCUT2D eigenvalue weighted by Gasteiger charge is -2.10. The van der Waals surface area contributed by atoms with E-state index in [1.54, 1.807) is 16.7 Å². The highest BCUT2D eigenvalue weighted by atomic mass is 16.5.